The van der Waals surface area contributed by atoms with Crippen molar-refractivity contribution in [2.75, 3.05) is 13.1 Å². The van der Waals surface area contributed by atoms with Gasteiger partial charge in [0.15, 0.2) is 5.11 Å². The predicted molar refractivity (Wildman–Crippen MR) is 126 cm³/mol. The Morgan fingerprint density at radius 1 is 1.21 bits per heavy atom. The molecule has 6 heteroatoms. The van der Waals surface area contributed by atoms with Gasteiger partial charge in [-0.15, -0.1) is 0 Å². The molecule has 4 rings (SSSR count). The lowest BCUT2D eigenvalue weighted by Gasteiger charge is -2.31. The average Bonchev–Trinajstić information content (AvgIpc) is 3.26. The molecule has 1 aliphatic heterocycles. The Balaban J connectivity index is 1.39. The SMILES string of the molecule is C[C@H](NC(=S)NC1CCCC[C@@H]1/N=C/C1=NCCN1)c1cccc2ccccc12. The Hall–Kier alpha value is -2.47. The maximum atomic E-state index is 5.67. The molecule has 1 heterocycles. The zero-order valence-electron chi connectivity index (χ0n) is 16.9. The molecule has 2 aromatic carbocycles. The summed E-state index contributed by atoms with van der Waals surface area (Å²) in [4.78, 5) is 9.21. The van der Waals surface area contributed by atoms with Crippen molar-refractivity contribution in [3.63, 3.8) is 0 Å². The van der Waals surface area contributed by atoms with E-state index < -0.39 is 0 Å². The maximum Gasteiger partial charge on any atom is 0.167 e. The molecule has 0 aromatic heterocycles. The van der Waals surface area contributed by atoms with E-state index in [1.807, 2.05) is 6.21 Å². The summed E-state index contributed by atoms with van der Waals surface area (Å²) in [6.07, 6.45) is 6.50. The van der Waals surface area contributed by atoms with Crippen LogP contribution in [0.4, 0.5) is 0 Å². The van der Waals surface area contributed by atoms with Gasteiger partial charge in [0.05, 0.1) is 30.9 Å². The molecule has 1 unspecified atom stereocenters. The van der Waals surface area contributed by atoms with Crippen LogP contribution in [0.2, 0.25) is 0 Å². The van der Waals surface area contributed by atoms with Crippen molar-refractivity contribution in [3.8, 4) is 0 Å². The van der Waals surface area contributed by atoms with Gasteiger partial charge >= 0.3 is 0 Å². The topological polar surface area (TPSA) is 60.8 Å². The average molecular weight is 408 g/mol. The van der Waals surface area contributed by atoms with E-state index in [-0.39, 0.29) is 18.1 Å². The number of amidine groups is 1. The second-order valence-corrected chi connectivity index (χ2v) is 8.25. The Labute approximate surface area is 178 Å². The highest BCUT2D eigenvalue weighted by atomic mass is 32.1. The van der Waals surface area contributed by atoms with Gasteiger partial charge in [-0.1, -0.05) is 55.3 Å². The zero-order chi connectivity index (χ0) is 20.1. The van der Waals surface area contributed by atoms with Crippen molar-refractivity contribution >= 4 is 40.2 Å². The van der Waals surface area contributed by atoms with Crippen molar-refractivity contribution in [1.29, 1.82) is 0 Å². The molecule has 1 saturated carbocycles. The molecule has 5 nitrogen and oxygen atoms in total. The van der Waals surface area contributed by atoms with Gasteiger partial charge in [-0.25, -0.2) is 0 Å². The summed E-state index contributed by atoms with van der Waals surface area (Å²) >= 11 is 5.67. The van der Waals surface area contributed by atoms with E-state index in [0.29, 0.717) is 5.11 Å². The summed E-state index contributed by atoms with van der Waals surface area (Å²) in [5.41, 5.74) is 1.26. The van der Waals surface area contributed by atoms with Crippen LogP contribution in [0.15, 0.2) is 52.4 Å². The third kappa shape index (κ3) is 4.93. The Kier molecular flexibility index (Phi) is 6.39. The molecule has 0 bridgehead atoms. The van der Waals surface area contributed by atoms with Crippen LogP contribution in [0.5, 0.6) is 0 Å². The molecule has 2 aromatic rings. The molecule has 0 radical (unpaired) electrons. The van der Waals surface area contributed by atoms with E-state index in [1.165, 1.54) is 29.2 Å². The van der Waals surface area contributed by atoms with E-state index in [9.17, 15) is 0 Å². The number of benzene rings is 2. The minimum absolute atomic E-state index is 0.128. The molecule has 0 saturated heterocycles. The number of rotatable bonds is 5. The van der Waals surface area contributed by atoms with Crippen LogP contribution in [0.3, 0.4) is 0 Å². The lowest BCUT2D eigenvalue weighted by Crippen LogP contribution is -2.48. The van der Waals surface area contributed by atoms with Crippen LogP contribution in [-0.2, 0) is 0 Å². The Morgan fingerprint density at radius 2 is 2.03 bits per heavy atom. The Morgan fingerprint density at radius 3 is 2.90 bits per heavy atom. The highest BCUT2D eigenvalue weighted by molar-refractivity contribution is 7.80. The third-order valence-electron chi connectivity index (χ3n) is 5.77. The summed E-state index contributed by atoms with van der Waals surface area (Å²) in [6, 6.07) is 15.5. The van der Waals surface area contributed by atoms with E-state index in [4.69, 9.17) is 17.2 Å². The van der Waals surface area contributed by atoms with Crippen molar-refractivity contribution in [2.45, 2.75) is 50.7 Å². The van der Waals surface area contributed by atoms with E-state index in [2.05, 4.69) is 70.3 Å². The van der Waals surface area contributed by atoms with E-state index >= 15 is 0 Å². The van der Waals surface area contributed by atoms with Crippen LogP contribution < -0.4 is 16.0 Å². The fourth-order valence-electron chi connectivity index (χ4n) is 4.24. The first-order chi connectivity index (χ1) is 14.2. The smallest absolute Gasteiger partial charge is 0.167 e. The predicted octanol–water partition coefficient (Wildman–Crippen LogP) is 3.75. The standard InChI is InChI=1S/C23H29N5S/c1-16(18-10-6-8-17-7-2-3-9-19(17)18)27-23(29)28-21-12-5-4-11-20(21)26-15-22-24-13-14-25-22/h2-3,6-10,15-16,20-21H,4-5,11-14H2,1H3,(H,24,25)(H2,27,28,29)/b26-15+/t16-,20-,21?/m0/s1. The number of fused-ring (bicyclic) bond motifs is 1. The first-order valence-electron chi connectivity index (χ1n) is 10.6. The van der Waals surface area contributed by atoms with Crippen LogP contribution in [-0.4, -0.2) is 42.3 Å². The van der Waals surface area contributed by atoms with Crippen molar-refractivity contribution in [1.82, 2.24) is 16.0 Å². The summed E-state index contributed by atoms with van der Waals surface area (Å²) in [6.45, 7) is 3.91. The molecule has 3 N–H and O–H groups in total. The van der Waals surface area contributed by atoms with Gasteiger partial charge in [-0.2, -0.15) is 0 Å². The van der Waals surface area contributed by atoms with Crippen molar-refractivity contribution < 1.29 is 0 Å². The number of hydrogen-bond donors (Lipinski definition) is 3. The zero-order valence-corrected chi connectivity index (χ0v) is 17.7. The summed E-state index contributed by atoms with van der Waals surface area (Å²) in [5, 5.41) is 13.5. The van der Waals surface area contributed by atoms with Gasteiger partial charge in [0.2, 0.25) is 0 Å². The first-order valence-corrected chi connectivity index (χ1v) is 11.0. The Bertz CT molecular complexity index is 917. The van der Waals surface area contributed by atoms with Crippen LogP contribution >= 0.6 is 12.2 Å². The number of hydrogen-bond acceptors (Lipinski definition) is 4. The quantitative estimate of drug-likeness (QED) is 0.522. The molecule has 29 heavy (non-hydrogen) atoms. The van der Waals surface area contributed by atoms with Crippen molar-refractivity contribution in [2.24, 2.45) is 9.98 Å². The van der Waals surface area contributed by atoms with E-state index in [1.54, 1.807) is 0 Å². The molecule has 3 atom stereocenters. The molecular formula is C23H29N5S. The highest BCUT2D eigenvalue weighted by Gasteiger charge is 2.25. The van der Waals surface area contributed by atoms with Gasteiger partial charge < -0.3 is 16.0 Å². The molecule has 0 spiro atoms. The molecule has 1 fully saturated rings. The molecule has 2 aliphatic rings. The molecule has 1 aliphatic carbocycles. The van der Waals surface area contributed by atoms with Gasteiger partial charge in [0.25, 0.3) is 0 Å². The monoisotopic (exact) mass is 407 g/mol. The second-order valence-electron chi connectivity index (χ2n) is 7.84. The number of nitrogens with zero attached hydrogens (tertiary/aromatic N) is 2. The minimum atomic E-state index is 0.128. The molecular weight excluding hydrogens is 378 g/mol. The van der Waals surface area contributed by atoms with Crippen LogP contribution in [0.1, 0.15) is 44.2 Å². The highest BCUT2D eigenvalue weighted by Crippen LogP contribution is 2.25. The minimum Gasteiger partial charge on any atom is -0.367 e. The molecule has 152 valence electrons. The fourth-order valence-corrected chi connectivity index (χ4v) is 4.57. The summed E-state index contributed by atoms with van der Waals surface area (Å²) in [5.74, 6) is 0.902. The van der Waals surface area contributed by atoms with Gasteiger partial charge in [-0.05, 0) is 48.3 Å². The number of nitrogens with one attached hydrogen (secondary N) is 3. The van der Waals surface area contributed by atoms with Gasteiger partial charge in [0.1, 0.15) is 5.84 Å². The van der Waals surface area contributed by atoms with Crippen LogP contribution in [0.25, 0.3) is 10.8 Å². The largest absolute Gasteiger partial charge is 0.367 e. The van der Waals surface area contributed by atoms with E-state index in [0.717, 1.165) is 31.8 Å². The van der Waals surface area contributed by atoms with Crippen LogP contribution in [0, 0.1) is 0 Å². The second kappa shape index (κ2) is 9.35. The lowest BCUT2D eigenvalue weighted by atomic mass is 9.91. The third-order valence-corrected chi connectivity index (χ3v) is 6.01. The van der Waals surface area contributed by atoms with Gasteiger partial charge in [-0.3, -0.25) is 9.98 Å². The normalized spacial score (nSPS) is 22.9. The van der Waals surface area contributed by atoms with Crippen molar-refractivity contribution in [3.05, 3.63) is 48.0 Å². The number of aliphatic imine (C=N–C) groups is 2. The lowest BCUT2D eigenvalue weighted by molar-refractivity contribution is 0.361. The maximum absolute atomic E-state index is 5.67. The summed E-state index contributed by atoms with van der Waals surface area (Å²) in [7, 11) is 0. The molecule has 0 amide bonds. The first kappa shape index (κ1) is 19.8. The number of thiocarbonyl (C=S) groups is 1. The fraction of sp³-hybridized carbons (Fsp3) is 0.435. The van der Waals surface area contributed by atoms with Gasteiger partial charge in [0, 0.05) is 6.54 Å². The summed E-state index contributed by atoms with van der Waals surface area (Å²) < 4.78 is 0.